The van der Waals surface area contributed by atoms with Gasteiger partial charge in [0.1, 0.15) is 0 Å². The summed E-state index contributed by atoms with van der Waals surface area (Å²) in [6.07, 6.45) is -3.41. The smallest absolute Gasteiger partial charge is 0.309 e. The van der Waals surface area contributed by atoms with Gasteiger partial charge < -0.3 is 5.32 Å². The largest absolute Gasteiger partial charge is 0.389 e. The van der Waals surface area contributed by atoms with Crippen LogP contribution in [0.2, 0.25) is 0 Å². The van der Waals surface area contributed by atoms with Gasteiger partial charge in [0.2, 0.25) is 0 Å². The number of nitrogens with one attached hydrogen (secondary N) is 1. The molecule has 0 aromatic carbocycles. The number of aromatic nitrogens is 2. The van der Waals surface area contributed by atoms with Crippen molar-refractivity contribution in [3.05, 3.63) is 11.9 Å². The molecule has 0 bridgehead atoms. The topological polar surface area (TPSA) is 37.8 Å². The lowest BCUT2D eigenvalue weighted by Gasteiger charge is -2.15. The zero-order chi connectivity index (χ0) is 11.3. The molecule has 7 heteroatoms. The maximum atomic E-state index is 12.0. The molecule has 0 aliphatic rings. The van der Waals surface area contributed by atoms with Gasteiger partial charge in [-0.15, -0.1) is 0 Å². The van der Waals surface area contributed by atoms with Crippen molar-refractivity contribution < 1.29 is 13.2 Å². The highest BCUT2D eigenvalue weighted by molar-refractivity contribution is 6.99. The molecule has 1 heterocycles. The Labute approximate surface area is 90.0 Å². The molecular formula is C8H12F3N3S. The molecular weight excluding hydrogens is 227 g/mol. The van der Waals surface area contributed by atoms with E-state index in [9.17, 15) is 13.2 Å². The summed E-state index contributed by atoms with van der Waals surface area (Å²) in [6, 6.07) is -0.352. The van der Waals surface area contributed by atoms with E-state index < -0.39 is 12.6 Å². The zero-order valence-electron chi connectivity index (χ0n) is 8.21. The first-order valence-corrected chi connectivity index (χ1v) is 5.33. The molecule has 15 heavy (non-hydrogen) atoms. The van der Waals surface area contributed by atoms with Crippen molar-refractivity contribution in [1.82, 2.24) is 14.1 Å². The second-order valence-corrected chi connectivity index (χ2v) is 3.65. The molecule has 1 N–H and O–H groups in total. The standard InChI is InChI=1S/C8H12F3N3S/c1-2-12-6(3-4-8(9,10)11)7-5-13-15-14-7/h5-6,12H,2-4H2,1H3. The van der Waals surface area contributed by atoms with Crippen molar-refractivity contribution in [3.63, 3.8) is 0 Å². The van der Waals surface area contributed by atoms with Gasteiger partial charge in [0.25, 0.3) is 0 Å². The third-order valence-electron chi connectivity index (χ3n) is 1.90. The van der Waals surface area contributed by atoms with Crippen LogP contribution in [0, 0.1) is 0 Å². The van der Waals surface area contributed by atoms with Crippen LogP contribution in [-0.2, 0) is 0 Å². The highest BCUT2D eigenvalue weighted by Gasteiger charge is 2.29. The van der Waals surface area contributed by atoms with E-state index in [1.165, 1.54) is 6.20 Å². The third kappa shape index (κ3) is 4.57. The molecule has 0 spiro atoms. The monoisotopic (exact) mass is 239 g/mol. The Morgan fingerprint density at radius 2 is 2.27 bits per heavy atom. The van der Waals surface area contributed by atoms with Crippen molar-refractivity contribution in [2.75, 3.05) is 6.54 Å². The van der Waals surface area contributed by atoms with Crippen molar-refractivity contribution in [2.24, 2.45) is 0 Å². The number of rotatable bonds is 5. The maximum absolute atomic E-state index is 12.0. The molecule has 0 saturated heterocycles. The molecule has 0 aliphatic heterocycles. The Balaban J connectivity index is 2.52. The number of alkyl halides is 3. The second kappa shape index (κ2) is 5.41. The number of hydrogen-bond acceptors (Lipinski definition) is 4. The van der Waals surface area contributed by atoms with Gasteiger partial charge in [-0.2, -0.15) is 21.9 Å². The van der Waals surface area contributed by atoms with E-state index in [1.807, 2.05) is 6.92 Å². The van der Waals surface area contributed by atoms with Gasteiger partial charge in [-0.25, -0.2) is 0 Å². The predicted molar refractivity (Wildman–Crippen MR) is 51.6 cm³/mol. The maximum Gasteiger partial charge on any atom is 0.389 e. The first-order valence-electron chi connectivity index (χ1n) is 4.60. The molecule has 1 unspecified atom stereocenters. The minimum atomic E-state index is -4.11. The van der Waals surface area contributed by atoms with E-state index in [2.05, 4.69) is 14.1 Å². The summed E-state index contributed by atoms with van der Waals surface area (Å²) in [7, 11) is 0. The van der Waals surface area contributed by atoms with Crippen molar-refractivity contribution >= 4 is 11.7 Å². The lowest BCUT2D eigenvalue weighted by atomic mass is 10.1. The van der Waals surface area contributed by atoms with E-state index in [0.29, 0.717) is 12.2 Å². The Hall–Kier alpha value is -0.690. The van der Waals surface area contributed by atoms with Crippen molar-refractivity contribution in [1.29, 1.82) is 0 Å². The Bertz CT molecular complexity index is 273. The van der Waals surface area contributed by atoms with Crippen LogP contribution in [0.3, 0.4) is 0 Å². The first kappa shape index (κ1) is 12.4. The fraction of sp³-hybridized carbons (Fsp3) is 0.750. The van der Waals surface area contributed by atoms with Crippen LogP contribution in [-0.4, -0.2) is 21.5 Å². The molecule has 0 fully saturated rings. The molecule has 1 aromatic heterocycles. The highest BCUT2D eigenvalue weighted by atomic mass is 32.1. The van der Waals surface area contributed by atoms with Gasteiger partial charge in [-0.1, -0.05) is 6.92 Å². The summed E-state index contributed by atoms with van der Waals surface area (Å²) in [6.45, 7) is 2.46. The predicted octanol–water partition coefficient (Wildman–Crippen LogP) is 2.53. The molecule has 0 amide bonds. The lowest BCUT2D eigenvalue weighted by Crippen LogP contribution is -2.23. The van der Waals surface area contributed by atoms with Gasteiger partial charge in [0, 0.05) is 6.42 Å². The summed E-state index contributed by atoms with van der Waals surface area (Å²) in [5, 5.41) is 2.96. The Kier molecular flexibility index (Phi) is 4.46. The quantitative estimate of drug-likeness (QED) is 0.858. The summed E-state index contributed by atoms with van der Waals surface area (Å²) >= 11 is 1.01. The summed E-state index contributed by atoms with van der Waals surface area (Å²) in [4.78, 5) is 0. The minimum absolute atomic E-state index is 0.00273. The fourth-order valence-corrected chi connectivity index (χ4v) is 1.71. The van der Waals surface area contributed by atoms with Crippen LogP contribution in [0.15, 0.2) is 6.20 Å². The Morgan fingerprint density at radius 1 is 1.53 bits per heavy atom. The molecule has 0 saturated carbocycles. The van der Waals surface area contributed by atoms with E-state index in [0.717, 1.165) is 11.7 Å². The van der Waals surface area contributed by atoms with Crippen molar-refractivity contribution in [3.8, 4) is 0 Å². The number of halogens is 3. The van der Waals surface area contributed by atoms with Gasteiger partial charge in [0.15, 0.2) is 0 Å². The lowest BCUT2D eigenvalue weighted by molar-refractivity contribution is -0.136. The number of nitrogens with zero attached hydrogens (tertiary/aromatic N) is 2. The molecule has 86 valence electrons. The zero-order valence-corrected chi connectivity index (χ0v) is 9.03. The van der Waals surface area contributed by atoms with E-state index >= 15 is 0 Å². The molecule has 1 rings (SSSR count). The molecule has 3 nitrogen and oxygen atoms in total. The fourth-order valence-electron chi connectivity index (χ4n) is 1.23. The van der Waals surface area contributed by atoms with Gasteiger partial charge in [0.05, 0.1) is 29.7 Å². The van der Waals surface area contributed by atoms with Crippen LogP contribution >= 0.6 is 11.7 Å². The highest BCUT2D eigenvalue weighted by Crippen LogP contribution is 2.26. The summed E-state index contributed by atoms with van der Waals surface area (Å²) in [5.74, 6) is 0. The summed E-state index contributed by atoms with van der Waals surface area (Å²) < 4.78 is 43.8. The van der Waals surface area contributed by atoms with Crippen LogP contribution in [0.25, 0.3) is 0 Å². The van der Waals surface area contributed by atoms with Crippen LogP contribution in [0.5, 0.6) is 0 Å². The van der Waals surface area contributed by atoms with Crippen LogP contribution in [0.4, 0.5) is 13.2 Å². The molecule has 0 radical (unpaired) electrons. The van der Waals surface area contributed by atoms with Crippen molar-refractivity contribution in [2.45, 2.75) is 32.0 Å². The second-order valence-electron chi connectivity index (χ2n) is 3.10. The van der Waals surface area contributed by atoms with Gasteiger partial charge >= 0.3 is 6.18 Å². The SMILES string of the molecule is CCNC(CCC(F)(F)F)c1cnsn1. The summed E-state index contributed by atoms with van der Waals surface area (Å²) in [5.41, 5.74) is 0.589. The number of hydrogen-bond donors (Lipinski definition) is 1. The van der Waals surface area contributed by atoms with Crippen LogP contribution < -0.4 is 5.32 Å². The first-order chi connectivity index (χ1) is 7.03. The average molecular weight is 239 g/mol. The van der Waals surface area contributed by atoms with Gasteiger partial charge in [-0.3, -0.25) is 0 Å². The van der Waals surface area contributed by atoms with Gasteiger partial charge in [-0.05, 0) is 13.0 Å². The van der Waals surface area contributed by atoms with E-state index in [-0.39, 0.29) is 12.5 Å². The normalized spacial score (nSPS) is 14.1. The molecule has 1 atom stereocenters. The van der Waals surface area contributed by atoms with Crippen LogP contribution in [0.1, 0.15) is 31.5 Å². The third-order valence-corrected chi connectivity index (χ3v) is 2.39. The average Bonchev–Trinajstić information content (AvgIpc) is 2.63. The molecule has 0 aliphatic carbocycles. The Morgan fingerprint density at radius 3 is 2.73 bits per heavy atom. The minimum Gasteiger partial charge on any atom is -0.309 e. The van der Waals surface area contributed by atoms with E-state index in [1.54, 1.807) is 0 Å². The molecule has 1 aromatic rings. The van der Waals surface area contributed by atoms with E-state index in [4.69, 9.17) is 0 Å².